The number of fused-ring (bicyclic) bond motifs is 1. The van der Waals surface area contributed by atoms with Crippen LogP contribution in [0.2, 0.25) is 0 Å². The Morgan fingerprint density at radius 2 is 1.82 bits per heavy atom. The summed E-state index contributed by atoms with van der Waals surface area (Å²) in [6.07, 6.45) is -5.78. The van der Waals surface area contributed by atoms with Gasteiger partial charge in [-0.3, -0.25) is 9.36 Å². The maximum Gasteiger partial charge on any atom is 0.449 e. The number of anilines is 1. The van der Waals surface area contributed by atoms with Crippen LogP contribution in [0.4, 0.5) is 19.1 Å². The number of aromatic nitrogens is 4. The van der Waals surface area contributed by atoms with Crippen LogP contribution in [0, 0.1) is 5.92 Å². The number of halogens is 3. The first-order chi connectivity index (χ1) is 13.1. The lowest BCUT2D eigenvalue weighted by Crippen LogP contribution is -2.31. The van der Waals surface area contributed by atoms with Gasteiger partial charge in [-0.05, 0) is 11.5 Å². The molecule has 28 heavy (non-hydrogen) atoms. The molecule has 10 heteroatoms. The number of nitrogens with zero attached hydrogens (tertiary/aromatic N) is 4. The summed E-state index contributed by atoms with van der Waals surface area (Å²) in [4.78, 5) is 20.5. The molecule has 0 saturated heterocycles. The highest BCUT2D eigenvalue weighted by Gasteiger charge is 2.39. The van der Waals surface area contributed by atoms with Crippen molar-refractivity contribution in [2.45, 2.75) is 32.8 Å². The summed E-state index contributed by atoms with van der Waals surface area (Å²) in [6, 6.07) is 8.48. The molecule has 2 aromatic heterocycles. The first kappa shape index (κ1) is 19.9. The fourth-order valence-corrected chi connectivity index (χ4v) is 2.72. The van der Waals surface area contributed by atoms with Crippen LogP contribution in [0.5, 0.6) is 0 Å². The molecule has 0 fully saturated rings. The van der Waals surface area contributed by atoms with E-state index in [-0.39, 0.29) is 29.6 Å². The summed E-state index contributed by atoms with van der Waals surface area (Å²) < 4.78 is 42.6. The first-order valence-electron chi connectivity index (χ1n) is 8.62. The second-order valence-electron chi connectivity index (χ2n) is 6.81. The van der Waals surface area contributed by atoms with Crippen LogP contribution in [-0.2, 0) is 19.8 Å². The summed E-state index contributed by atoms with van der Waals surface area (Å²) in [7, 11) is 1.37. The van der Waals surface area contributed by atoms with E-state index in [1.807, 2.05) is 0 Å². The summed E-state index contributed by atoms with van der Waals surface area (Å²) in [6.45, 7) is 3.31. The molecule has 7 nitrogen and oxygen atoms in total. The fraction of sp³-hybridized carbons (Fsp3) is 0.389. The summed E-state index contributed by atoms with van der Waals surface area (Å²) in [5.74, 6) is -1.46. The monoisotopic (exact) mass is 395 g/mol. The van der Waals surface area contributed by atoms with Crippen LogP contribution in [0.1, 0.15) is 25.2 Å². The predicted molar refractivity (Wildman–Crippen MR) is 97.8 cm³/mol. The third-order valence-corrected chi connectivity index (χ3v) is 4.33. The van der Waals surface area contributed by atoms with Crippen LogP contribution >= 0.6 is 0 Å². The predicted octanol–water partition coefficient (Wildman–Crippen LogP) is 2.58. The molecule has 3 rings (SSSR count). The highest BCUT2D eigenvalue weighted by atomic mass is 19.4. The standard InChI is InChI=1S/C18H20F3N5O2/c1-10(2)14(27)24-17-23-13-12(15(28)25(17)3)26(16(22-13)18(19,20)21)9-11-7-5-4-6-8-11/h4-8,10,14,27H,9H2,1-3H3,(H,23,24). The Hall–Kier alpha value is -2.88. The molecule has 1 aromatic carbocycles. The lowest BCUT2D eigenvalue weighted by Gasteiger charge is -2.18. The highest BCUT2D eigenvalue weighted by molar-refractivity contribution is 5.72. The van der Waals surface area contributed by atoms with E-state index in [1.54, 1.807) is 44.2 Å². The Morgan fingerprint density at radius 3 is 2.39 bits per heavy atom. The lowest BCUT2D eigenvalue weighted by molar-refractivity contribution is -0.146. The van der Waals surface area contributed by atoms with Gasteiger partial charge in [0.2, 0.25) is 11.8 Å². The Bertz CT molecular complexity index is 1040. The van der Waals surface area contributed by atoms with Crippen LogP contribution in [0.15, 0.2) is 35.1 Å². The molecule has 0 amide bonds. The second-order valence-corrected chi connectivity index (χ2v) is 6.81. The molecule has 0 saturated carbocycles. The molecule has 150 valence electrons. The van der Waals surface area contributed by atoms with Crippen LogP contribution in [0.25, 0.3) is 11.2 Å². The molecular weight excluding hydrogens is 375 g/mol. The molecular formula is C18H20F3N5O2. The number of nitrogens with one attached hydrogen (secondary N) is 1. The number of alkyl halides is 3. The van der Waals surface area contributed by atoms with Crippen LogP contribution < -0.4 is 10.9 Å². The number of aliphatic hydroxyl groups excluding tert-OH is 1. The Kier molecular flexibility index (Phi) is 5.16. The van der Waals surface area contributed by atoms with Gasteiger partial charge in [0, 0.05) is 13.6 Å². The molecule has 0 bridgehead atoms. The SMILES string of the molecule is CC(C)C(O)Nc1nc2nc(C(F)(F)F)n(Cc3ccccc3)c2c(=O)n1C. The fourth-order valence-electron chi connectivity index (χ4n) is 2.72. The molecule has 0 aliphatic heterocycles. The van der Waals surface area contributed by atoms with Crippen molar-refractivity contribution in [1.82, 2.24) is 19.1 Å². The molecule has 0 aliphatic rings. The topological polar surface area (TPSA) is 85.0 Å². The summed E-state index contributed by atoms with van der Waals surface area (Å²) in [5.41, 5.74) is -0.678. The Balaban J connectivity index is 2.21. The van der Waals surface area contributed by atoms with Crippen molar-refractivity contribution >= 4 is 17.1 Å². The van der Waals surface area contributed by atoms with Gasteiger partial charge in [0.1, 0.15) is 6.23 Å². The Morgan fingerprint density at radius 1 is 1.18 bits per heavy atom. The van der Waals surface area contributed by atoms with Crippen LogP contribution in [-0.4, -0.2) is 30.4 Å². The molecule has 1 atom stereocenters. The van der Waals surface area contributed by atoms with E-state index >= 15 is 0 Å². The van der Waals surface area contributed by atoms with Gasteiger partial charge >= 0.3 is 6.18 Å². The first-order valence-corrected chi connectivity index (χ1v) is 8.62. The smallest absolute Gasteiger partial charge is 0.373 e. The minimum Gasteiger partial charge on any atom is -0.373 e. The molecule has 2 heterocycles. The van der Waals surface area contributed by atoms with Crippen molar-refractivity contribution in [1.29, 1.82) is 0 Å². The van der Waals surface area contributed by atoms with Gasteiger partial charge in [0.05, 0.1) is 0 Å². The van der Waals surface area contributed by atoms with Gasteiger partial charge in [-0.25, -0.2) is 4.98 Å². The molecule has 0 spiro atoms. The van der Waals surface area contributed by atoms with Gasteiger partial charge in [-0.15, -0.1) is 0 Å². The summed E-state index contributed by atoms with van der Waals surface area (Å²) in [5, 5.41) is 12.6. The average Bonchev–Trinajstić information content (AvgIpc) is 2.98. The van der Waals surface area contributed by atoms with Gasteiger partial charge in [-0.1, -0.05) is 44.2 Å². The van der Waals surface area contributed by atoms with Gasteiger partial charge < -0.3 is 15.0 Å². The zero-order valence-electron chi connectivity index (χ0n) is 15.5. The highest BCUT2D eigenvalue weighted by Crippen LogP contribution is 2.31. The number of aliphatic hydroxyl groups is 1. The molecule has 3 aromatic rings. The number of hydrogen-bond acceptors (Lipinski definition) is 5. The molecule has 1 unspecified atom stereocenters. The molecule has 2 N–H and O–H groups in total. The van der Waals surface area contributed by atoms with E-state index in [0.717, 1.165) is 9.13 Å². The molecule has 0 radical (unpaired) electrons. The van der Waals surface area contributed by atoms with Gasteiger partial charge in [-0.2, -0.15) is 18.2 Å². The van der Waals surface area contributed by atoms with Gasteiger partial charge in [0.25, 0.3) is 5.56 Å². The van der Waals surface area contributed by atoms with Gasteiger partial charge in [0.15, 0.2) is 11.2 Å². The largest absolute Gasteiger partial charge is 0.449 e. The molecule has 0 aliphatic carbocycles. The van der Waals surface area contributed by atoms with E-state index in [1.165, 1.54) is 7.05 Å². The maximum atomic E-state index is 13.6. The van der Waals surface area contributed by atoms with E-state index in [2.05, 4.69) is 15.3 Å². The second kappa shape index (κ2) is 7.27. The number of benzene rings is 1. The van der Waals surface area contributed by atoms with Crippen molar-refractivity contribution in [3.05, 3.63) is 52.1 Å². The van der Waals surface area contributed by atoms with Crippen molar-refractivity contribution in [3.63, 3.8) is 0 Å². The minimum absolute atomic E-state index is 0.0585. The number of rotatable bonds is 5. The average molecular weight is 395 g/mol. The van der Waals surface area contributed by atoms with E-state index < -0.39 is 23.8 Å². The van der Waals surface area contributed by atoms with E-state index in [9.17, 15) is 23.1 Å². The van der Waals surface area contributed by atoms with Crippen molar-refractivity contribution in [2.24, 2.45) is 13.0 Å². The maximum absolute atomic E-state index is 13.6. The third kappa shape index (κ3) is 3.72. The normalized spacial score (nSPS) is 13.3. The lowest BCUT2D eigenvalue weighted by atomic mass is 10.2. The van der Waals surface area contributed by atoms with E-state index in [0.29, 0.717) is 5.56 Å². The number of hydrogen-bond donors (Lipinski definition) is 2. The van der Waals surface area contributed by atoms with E-state index in [4.69, 9.17) is 0 Å². The quantitative estimate of drug-likeness (QED) is 0.649. The Labute approximate surface area is 158 Å². The zero-order valence-corrected chi connectivity index (χ0v) is 15.5. The van der Waals surface area contributed by atoms with Crippen LogP contribution in [0.3, 0.4) is 0 Å². The van der Waals surface area contributed by atoms with Crippen molar-refractivity contribution < 1.29 is 18.3 Å². The number of imidazole rings is 1. The summed E-state index contributed by atoms with van der Waals surface area (Å²) >= 11 is 0. The third-order valence-electron chi connectivity index (χ3n) is 4.33. The van der Waals surface area contributed by atoms with Crippen molar-refractivity contribution in [3.8, 4) is 0 Å². The minimum atomic E-state index is -4.76. The zero-order chi connectivity index (χ0) is 20.6. The van der Waals surface area contributed by atoms with Crippen molar-refractivity contribution in [2.75, 3.05) is 5.32 Å².